The van der Waals surface area contributed by atoms with Crippen LogP contribution in [0.1, 0.15) is 51.0 Å². The molecule has 1 aliphatic heterocycles. The maximum atomic E-state index is 3.80. The molecule has 2 heterocycles. The Bertz CT molecular complexity index is 334. The summed E-state index contributed by atoms with van der Waals surface area (Å²) in [5.41, 5.74) is 0. The van der Waals surface area contributed by atoms with Gasteiger partial charge in [-0.25, -0.2) is 0 Å². The van der Waals surface area contributed by atoms with E-state index in [1.54, 1.807) is 0 Å². The van der Waals surface area contributed by atoms with Crippen molar-refractivity contribution in [3.8, 4) is 0 Å². The van der Waals surface area contributed by atoms with Crippen molar-refractivity contribution >= 4 is 11.3 Å². The highest BCUT2D eigenvalue weighted by Gasteiger charge is 2.20. The van der Waals surface area contributed by atoms with Crippen LogP contribution in [0.5, 0.6) is 0 Å². The average molecular weight is 266 g/mol. The summed E-state index contributed by atoms with van der Waals surface area (Å²) in [4.78, 5) is 4.07. The number of nitrogens with zero attached hydrogens (tertiary/aromatic N) is 1. The first-order valence-electron chi connectivity index (χ1n) is 7.20. The lowest BCUT2D eigenvalue weighted by Crippen LogP contribution is -2.34. The molecule has 1 unspecified atom stereocenters. The van der Waals surface area contributed by atoms with Crippen LogP contribution in [0, 0.1) is 0 Å². The van der Waals surface area contributed by atoms with Gasteiger partial charge < -0.3 is 10.2 Å². The van der Waals surface area contributed by atoms with Crippen molar-refractivity contribution < 1.29 is 0 Å². The first-order chi connectivity index (χ1) is 8.66. The van der Waals surface area contributed by atoms with Crippen LogP contribution in [0.4, 0.5) is 0 Å². The summed E-state index contributed by atoms with van der Waals surface area (Å²) in [5, 5.41) is 5.97. The monoisotopic (exact) mass is 266 g/mol. The number of nitrogens with one attached hydrogen (secondary N) is 1. The Labute approximate surface area is 115 Å². The second-order valence-corrected chi connectivity index (χ2v) is 6.64. The van der Waals surface area contributed by atoms with Crippen molar-refractivity contribution in [3.05, 3.63) is 22.4 Å². The van der Waals surface area contributed by atoms with Crippen LogP contribution in [0.25, 0.3) is 0 Å². The SMILES string of the molecule is CC(C)N1CCCC(N[C@H](C)c2cccs2)CC1. The molecular formula is C15H26N2S. The lowest BCUT2D eigenvalue weighted by atomic mass is 10.1. The number of hydrogen-bond donors (Lipinski definition) is 1. The van der Waals surface area contributed by atoms with Crippen LogP contribution < -0.4 is 5.32 Å². The molecule has 0 bridgehead atoms. The lowest BCUT2D eigenvalue weighted by Gasteiger charge is -2.25. The molecule has 2 nitrogen and oxygen atoms in total. The Hall–Kier alpha value is -0.380. The van der Waals surface area contributed by atoms with Crippen LogP contribution in [-0.4, -0.2) is 30.1 Å². The second-order valence-electron chi connectivity index (χ2n) is 5.66. The van der Waals surface area contributed by atoms with E-state index in [0.717, 1.165) is 0 Å². The van der Waals surface area contributed by atoms with Gasteiger partial charge in [0.1, 0.15) is 0 Å². The summed E-state index contributed by atoms with van der Waals surface area (Å²) >= 11 is 1.86. The van der Waals surface area contributed by atoms with E-state index in [1.165, 1.54) is 37.2 Å². The summed E-state index contributed by atoms with van der Waals surface area (Å²) in [7, 11) is 0. The normalized spacial score (nSPS) is 24.1. The summed E-state index contributed by atoms with van der Waals surface area (Å²) in [6, 6.07) is 6.26. The first kappa shape index (κ1) is 14.0. The molecule has 1 N–H and O–H groups in total. The van der Waals surface area contributed by atoms with Gasteiger partial charge >= 0.3 is 0 Å². The second kappa shape index (κ2) is 6.69. The third kappa shape index (κ3) is 3.81. The molecule has 1 aliphatic rings. The third-order valence-corrected chi connectivity index (χ3v) is 5.00. The number of thiophene rings is 1. The standard InChI is InChI=1S/C15H26N2S/c1-12(2)17-9-4-6-14(8-10-17)16-13(3)15-7-5-11-18-15/h5,7,11-14,16H,4,6,8-10H2,1-3H3/t13-,14?/m1/s1. The van der Waals surface area contributed by atoms with Gasteiger partial charge in [-0.05, 0) is 64.6 Å². The van der Waals surface area contributed by atoms with E-state index in [4.69, 9.17) is 0 Å². The zero-order valence-electron chi connectivity index (χ0n) is 11.9. The van der Waals surface area contributed by atoms with Gasteiger partial charge in [0.15, 0.2) is 0 Å². The molecule has 102 valence electrons. The Morgan fingerprint density at radius 1 is 1.28 bits per heavy atom. The van der Waals surface area contributed by atoms with Gasteiger partial charge in [-0.3, -0.25) is 0 Å². The Morgan fingerprint density at radius 3 is 2.78 bits per heavy atom. The van der Waals surface area contributed by atoms with E-state index in [-0.39, 0.29) is 0 Å². The zero-order valence-corrected chi connectivity index (χ0v) is 12.7. The third-order valence-electron chi connectivity index (χ3n) is 3.95. The molecule has 2 rings (SSSR count). The molecule has 1 fully saturated rings. The summed E-state index contributed by atoms with van der Waals surface area (Å²) in [6.07, 6.45) is 3.93. The predicted molar refractivity (Wildman–Crippen MR) is 80.2 cm³/mol. The molecule has 1 saturated heterocycles. The summed E-state index contributed by atoms with van der Waals surface area (Å²) in [5.74, 6) is 0. The quantitative estimate of drug-likeness (QED) is 0.894. The molecule has 3 heteroatoms. The van der Waals surface area contributed by atoms with Gasteiger partial charge in [-0.1, -0.05) is 6.07 Å². The fourth-order valence-electron chi connectivity index (χ4n) is 2.77. The van der Waals surface area contributed by atoms with Crippen LogP contribution in [0.3, 0.4) is 0 Å². The van der Waals surface area contributed by atoms with Crippen molar-refractivity contribution in [2.45, 2.75) is 58.2 Å². The maximum absolute atomic E-state index is 3.80. The Morgan fingerprint density at radius 2 is 2.11 bits per heavy atom. The van der Waals surface area contributed by atoms with E-state index in [2.05, 4.69) is 48.5 Å². The van der Waals surface area contributed by atoms with Crippen molar-refractivity contribution in [3.63, 3.8) is 0 Å². The van der Waals surface area contributed by atoms with E-state index in [9.17, 15) is 0 Å². The molecule has 0 radical (unpaired) electrons. The molecule has 1 aromatic rings. The summed E-state index contributed by atoms with van der Waals surface area (Å²) < 4.78 is 0. The highest BCUT2D eigenvalue weighted by Crippen LogP contribution is 2.21. The predicted octanol–water partition coefficient (Wildman–Crippen LogP) is 3.66. The molecule has 18 heavy (non-hydrogen) atoms. The van der Waals surface area contributed by atoms with Gasteiger partial charge in [0.05, 0.1) is 0 Å². The van der Waals surface area contributed by atoms with E-state index in [1.807, 2.05) is 11.3 Å². The van der Waals surface area contributed by atoms with Gasteiger partial charge in [0.2, 0.25) is 0 Å². The topological polar surface area (TPSA) is 15.3 Å². The Kier molecular flexibility index (Phi) is 5.22. The highest BCUT2D eigenvalue weighted by molar-refractivity contribution is 7.10. The van der Waals surface area contributed by atoms with Gasteiger partial charge in [-0.15, -0.1) is 11.3 Å². The molecule has 0 spiro atoms. The fraction of sp³-hybridized carbons (Fsp3) is 0.733. The molecular weight excluding hydrogens is 240 g/mol. The number of rotatable bonds is 4. The van der Waals surface area contributed by atoms with E-state index < -0.39 is 0 Å². The maximum Gasteiger partial charge on any atom is 0.0388 e. The lowest BCUT2D eigenvalue weighted by molar-refractivity contribution is 0.228. The van der Waals surface area contributed by atoms with Crippen LogP contribution in [0.2, 0.25) is 0 Å². The largest absolute Gasteiger partial charge is 0.307 e. The van der Waals surface area contributed by atoms with Gasteiger partial charge in [0, 0.05) is 23.0 Å². The van der Waals surface area contributed by atoms with Crippen molar-refractivity contribution in [1.29, 1.82) is 0 Å². The molecule has 0 amide bonds. The fourth-order valence-corrected chi connectivity index (χ4v) is 3.52. The van der Waals surface area contributed by atoms with Gasteiger partial charge in [0.25, 0.3) is 0 Å². The smallest absolute Gasteiger partial charge is 0.0388 e. The Balaban J connectivity index is 1.83. The molecule has 0 saturated carbocycles. The van der Waals surface area contributed by atoms with E-state index in [0.29, 0.717) is 18.1 Å². The molecule has 1 aromatic heterocycles. The zero-order chi connectivity index (χ0) is 13.0. The van der Waals surface area contributed by atoms with Crippen LogP contribution in [0.15, 0.2) is 17.5 Å². The highest BCUT2D eigenvalue weighted by atomic mass is 32.1. The van der Waals surface area contributed by atoms with Crippen molar-refractivity contribution in [1.82, 2.24) is 10.2 Å². The minimum Gasteiger partial charge on any atom is -0.307 e. The van der Waals surface area contributed by atoms with Crippen molar-refractivity contribution in [2.75, 3.05) is 13.1 Å². The van der Waals surface area contributed by atoms with Gasteiger partial charge in [-0.2, -0.15) is 0 Å². The summed E-state index contributed by atoms with van der Waals surface area (Å²) in [6.45, 7) is 9.41. The minimum atomic E-state index is 0.501. The first-order valence-corrected chi connectivity index (χ1v) is 8.08. The van der Waals surface area contributed by atoms with E-state index >= 15 is 0 Å². The van der Waals surface area contributed by atoms with Crippen molar-refractivity contribution in [2.24, 2.45) is 0 Å². The molecule has 2 atom stereocenters. The number of likely N-dealkylation sites (tertiary alicyclic amines) is 1. The van der Waals surface area contributed by atoms with Crippen LogP contribution >= 0.6 is 11.3 Å². The molecule has 0 aliphatic carbocycles. The molecule has 0 aromatic carbocycles. The minimum absolute atomic E-state index is 0.501. The average Bonchev–Trinajstić information content (AvgIpc) is 2.77. The van der Waals surface area contributed by atoms with Crippen LogP contribution in [-0.2, 0) is 0 Å². The number of hydrogen-bond acceptors (Lipinski definition) is 3.